The fourth-order valence-corrected chi connectivity index (χ4v) is 3.66. The fraction of sp³-hybridized carbons (Fsp3) is 0.300. The summed E-state index contributed by atoms with van der Waals surface area (Å²) < 4.78 is 80.0. The van der Waals surface area contributed by atoms with Gasteiger partial charge in [0.05, 0.1) is 43.8 Å². The summed E-state index contributed by atoms with van der Waals surface area (Å²) in [6.07, 6.45) is -10.8. The van der Waals surface area contributed by atoms with E-state index in [1.165, 1.54) is 18.2 Å². The second-order valence-electron chi connectivity index (χ2n) is 7.66. The van der Waals surface area contributed by atoms with E-state index in [4.69, 9.17) is 0 Å². The predicted octanol–water partition coefficient (Wildman–Crippen LogP) is 2.56. The van der Waals surface area contributed by atoms with Gasteiger partial charge >= 0.3 is 12.4 Å². The smallest absolute Gasteiger partial charge is 0.338 e. The molecule has 32 heavy (non-hydrogen) atoms. The average Bonchev–Trinajstić information content (AvgIpc) is 2.69. The molecule has 0 bridgehead atoms. The zero-order chi connectivity index (χ0) is 23.6. The van der Waals surface area contributed by atoms with Crippen molar-refractivity contribution in [2.24, 2.45) is 0 Å². The van der Waals surface area contributed by atoms with Crippen molar-refractivity contribution in [1.29, 1.82) is 0 Å². The second kappa shape index (κ2) is 7.12. The first-order valence-electron chi connectivity index (χ1n) is 9.37. The van der Waals surface area contributed by atoms with Gasteiger partial charge in [-0.3, -0.25) is 14.5 Å². The zero-order valence-corrected chi connectivity index (χ0v) is 16.6. The Morgan fingerprint density at radius 3 is 2.09 bits per heavy atom. The number of alkyl halides is 6. The highest BCUT2D eigenvalue weighted by Crippen LogP contribution is 2.41. The Hall–Kier alpha value is -3.28. The van der Waals surface area contributed by atoms with Gasteiger partial charge in [-0.25, -0.2) is 9.97 Å². The molecule has 2 heterocycles. The normalized spacial score (nSPS) is 14.8. The van der Waals surface area contributed by atoms with Gasteiger partial charge in [0.25, 0.3) is 11.8 Å². The molecule has 1 aliphatic rings. The molecular weight excluding hydrogens is 442 g/mol. The van der Waals surface area contributed by atoms with Crippen LogP contribution in [0.5, 0.6) is 0 Å². The highest BCUT2D eigenvalue weighted by molar-refractivity contribution is 6.28. The summed E-state index contributed by atoms with van der Waals surface area (Å²) in [5.41, 5.74) is -5.42. The van der Waals surface area contributed by atoms with Crippen molar-refractivity contribution in [3.8, 4) is 0 Å². The molecule has 1 N–H and O–H groups in total. The molecule has 0 unspecified atom stereocenters. The largest absolute Gasteiger partial charge is 0.435 e. The number of halogens is 6. The number of nitrogens with one attached hydrogen (secondary N) is 1. The Morgan fingerprint density at radius 1 is 0.906 bits per heavy atom. The second-order valence-corrected chi connectivity index (χ2v) is 7.66. The average molecular weight is 457 g/mol. The molecule has 4 rings (SSSR count). The van der Waals surface area contributed by atoms with E-state index in [0.717, 1.165) is 15.9 Å². The summed E-state index contributed by atoms with van der Waals surface area (Å²) in [5.74, 6) is -1.39. The molecule has 12 heteroatoms. The number of rotatable bonds is 3. The molecule has 6 nitrogen and oxygen atoms in total. The third-order valence-corrected chi connectivity index (χ3v) is 5.12. The molecule has 0 fully saturated rings. The molecule has 0 saturated carbocycles. The van der Waals surface area contributed by atoms with Gasteiger partial charge in [-0.05, 0) is 12.1 Å². The van der Waals surface area contributed by atoms with Gasteiger partial charge in [-0.15, -0.1) is 0 Å². The van der Waals surface area contributed by atoms with Crippen LogP contribution < -0.4 is 4.90 Å². The minimum atomic E-state index is -5.42. The Labute approximate surface area is 176 Å². The van der Waals surface area contributed by atoms with E-state index in [2.05, 4.69) is 9.97 Å². The Kier molecular flexibility index (Phi) is 4.88. The molecule has 1 aliphatic heterocycles. The van der Waals surface area contributed by atoms with E-state index in [1.807, 2.05) is 14.1 Å². The van der Waals surface area contributed by atoms with Crippen LogP contribution in [0.15, 0.2) is 24.3 Å². The highest BCUT2D eigenvalue weighted by atomic mass is 19.4. The number of hydrogen-bond donors (Lipinski definition) is 1. The third kappa shape index (κ3) is 3.44. The number of fused-ring (bicyclic) bond motifs is 2. The summed E-state index contributed by atoms with van der Waals surface area (Å²) in [4.78, 5) is 34.3. The summed E-state index contributed by atoms with van der Waals surface area (Å²) in [6, 6.07) is 5.04. The molecule has 0 spiro atoms. The number of carbonyl (C=O) groups is 2. The molecule has 0 radical (unpaired) electrons. The molecule has 0 atom stereocenters. The van der Waals surface area contributed by atoms with E-state index in [9.17, 15) is 35.9 Å². The maximum atomic E-state index is 13.3. The first-order valence-corrected chi connectivity index (χ1v) is 9.37. The van der Waals surface area contributed by atoms with Crippen LogP contribution in [0.25, 0.3) is 21.8 Å². The first kappa shape index (κ1) is 21.9. The van der Waals surface area contributed by atoms with Gasteiger partial charge in [-0.1, -0.05) is 12.1 Å². The van der Waals surface area contributed by atoms with Crippen LogP contribution >= 0.6 is 0 Å². The van der Waals surface area contributed by atoms with Crippen LogP contribution in [0.1, 0.15) is 32.1 Å². The Morgan fingerprint density at radius 2 is 1.50 bits per heavy atom. The van der Waals surface area contributed by atoms with E-state index in [1.54, 1.807) is 0 Å². The third-order valence-electron chi connectivity index (χ3n) is 5.12. The van der Waals surface area contributed by atoms with Gasteiger partial charge in [0, 0.05) is 16.3 Å². The molecule has 1 aromatic heterocycles. The Balaban J connectivity index is 2.05. The minimum Gasteiger partial charge on any atom is -0.338 e. The van der Waals surface area contributed by atoms with Crippen molar-refractivity contribution in [3.63, 3.8) is 0 Å². The van der Waals surface area contributed by atoms with Crippen molar-refractivity contribution >= 4 is 33.6 Å². The summed E-state index contributed by atoms with van der Waals surface area (Å²) in [7, 11) is 3.63. The fourth-order valence-electron chi connectivity index (χ4n) is 3.66. The van der Waals surface area contributed by atoms with Crippen molar-refractivity contribution in [2.75, 3.05) is 27.2 Å². The lowest BCUT2D eigenvalue weighted by atomic mass is 9.92. The van der Waals surface area contributed by atoms with Crippen molar-refractivity contribution in [2.45, 2.75) is 12.4 Å². The summed E-state index contributed by atoms with van der Waals surface area (Å²) >= 11 is 0. The standard InChI is InChI=1S/C20H14F6N4O2/c1-29(2)6-7-30-17(31)10-5-3-4-9-13(10)11(18(30)32)8-12-14(9)28-16(20(24,25)26)15(27-12)19(21,22)23/h3-5,8H,6-7H2,1-2H3/p+1. The number of nitrogens with zero attached hydrogens (tertiary/aromatic N) is 3. The molecule has 0 saturated heterocycles. The van der Waals surface area contributed by atoms with Crippen molar-refractivity contribution in [1.82, 2.24) is 14.9 Å². The lowest BCUT2D eigenvalue weighted by molar-refractivity contribution is -0.857. The zero-order valence-electron chi connectivity index (χ0n) is 16.6. The number of benzene rings is 2. The number of carbonyl (C=O) groups excluding carboxylic acids is 2. The Bertz CT molecular complexity index is 1280. The maximum absolute atomic E-state index is 13.3. The highest BCUT2D eigenvalue weighted by Gasteiger charge is 2.47. The van der Waals surface area contributed by atoms with E-state index in [-0.39, 0.29) is 28.4 Å². The lowest BCUT2D eigenvalue weighted by Gasteiger charge is -2.27. The number of likely N-dealkylation sites (N-methyl/N-ethyl adjacent to an activating group) is 1. The maximum Gasteiger partial charge on any atom is 0.435 e. The molecule has 0 aliphatic carbocycles. The molecule has 3 aromatic rings. The van der Waals surface area contributed by atoms with Gasteiger partial charge < -0.3 is 4.90 Å². The van der Waals surface area contributed by atoms with Gasteiger partial charge in [0.2, 0.25) is 0 Å². The molecule has 2 amide bonds. The topological polar surface area (TPSA) is 67.6 Å². The number of quaternary nitrogens is 1. The quantitative estimate of drug-likeness (QED) is 0.373. The summed E-state index contributed by atoms with van der Waals surface area (Å²) in [5, 5.41) is -0.00746. The first-order chi connectivity index (χ1) is 14.8. The van der Waals surface area contributed by atoms with Gasteiger partial charge in [0.15, 0.2) is 11.4 Å². The molecule has 2 aromatic carbocycles. The van der Waals surface area contributed by atoms with Crippen LogP contribution in [0.2, 0.25) is 0 Å². The predicted molar refractivity (Wildman–Crippen MR) is 100 cm³/mol. The van der Waals surface area contributed by atoms with E-state index < -0.39 is 46.6 Å². The van der Waals surface area contributed by atoms with Crippen LogP contribution in [0, 0.1) is 0 Å². The number of aromatic nitrogens is 2. The van der Waals surface area contributed by atoms with Crippen LogP contribution in [0.3, 0.4) is 0 Å². The summed E-state index contributed by atoms with van der Waals surface area (Å²) in [6.45, 7) is 0.476. The van der Waals surface area contributed by atoms with E-state index in [0.29, 0.717) is 6.54 Å². The monoisotopic (exact) mass is 457 g/mol. The molecular formula is C20H15F6N4O2+. The van der Waals surface area contributed by atoms with Crippen LogP contribution in [0.4, 0.5) is 26.3 Å². The SMILES string of the molecule is C[NH+](C)CCN1C(=O)c2cccc3c2c(cc2nc(C(F)(F)F)c(C(F)(F)F)nc23)C1=O. The van der Waals surface area contributed by atoms with Crippen molar-refractivity contribution in [3.05, 3.63) is 46.8 Å². The van der Waals surface area contributed by atoms with Crippen LogP contribution in [-0.4, -0.2) is 53.9 Å². The molecule has 168 valence electrons. The van der Waals surface area contributed by atoms with Gasteiger partial charge in [-0.2, -0.15) is 26.3 Å². The minimum absolute atomic E-state index is 0.0469. The van der Waals surface area contributed by atoms with Gasteiger partial charge in [0.1, 0.15) is 0 Å². The van der Waals surface area contributed by atoms with E-state index >= 15 is 0 Å². The number of amides is 2. The number of imide groups is 1. The number of hydrogen-bond acceptors (Lipinski definition) is 4. The lowest BCUT2D eigenvalue weighted by Crippen LogP contribution is -3.06. The van der Waals surface area contributed by atoms with Crippen molar-refractivity contribution < 1.29 is 40.8 Å². The van der Waals surface area contributed by atoms with Crippen LogP contribution in [-0.2, 0) is 12.4 Å².